The maximum absolute atomic E-state index is 11.8. The minimum Gasteiger partial charge on any atom is -0.477 e. The van der Waals surface area contributed by atoms with Gasteiger partial charge in [0.25, 0.3) is 0 Å². The van der Waals surface area contributed by atoms with Crippen LogP contribution in [0.25, 0.3) is 0 Å². The summed E-state index contributed by atoms with van der Waals surface area (Å²) in [5.74, 6) is -1.31. The van der Waals surface area contributed by atoms with Crippen molar-refractivity contribution >= 4 is 17.6 Å². The Kier molecular flexibility index (Phi) is 3.66. The fourth-order valence-corrected chi connectivity index (χ4v) is 1.74. The molecule has 0 spiro atoms. The molecular formula is C14H14N2O3. The number of rotatable bonds is 4. The molecule has 0 aliphatic heterocycles. The van der Waals surface area contributed by atoms with E-state index in [0.717, 1.165) is 5.56 Å². The predicted octanol–water partition coefficient (Wildman–Crippen LogP) is 2.13. The van der Waals surface area contributed by atoms with E-state index in [9.17, 15) is 9.59 Å². The maximum Gasteiger partial charge on any atom is 0.352 e. The lowest BCUT2D eigenvalue weighted by molar-refractivity contribution is -0.116. The summed E-state index contributed by atoms with van der Waals surface area (Å²) in [4.78, 5) is 22.7. The highest BCUT2D eigenvalue weighted by Crippen LogP contribution is 2.09. The lowest BCUT2D eigenvalue weighted by Gasteiger charge is -2.08. The van der Waals surface area contributed by atoms with Crippen LogP contribution in [-0.4, -0.2) is 21.6 Å². The average molecular weight is 258 g/mol. The van der Waals surface area contributed by atoms with Gasteiger partial charge in [0.1, 0.15) is 12.2 Å². The predicted molar refractivity (Wildman–Crippen MR) is 71.2 cm³/mol. The number of aryl methyl sites for hydroxylation is 1. The van der Waals surface area contributed by atoms with E-state index in [-0.39, 0.29) is 18.1 Å². The first-order chi connectivity index (χ1) is 9.06. The smallest absolute Gasteiger partial charge is 0.352 e. The third-order valence-corrected chi connectivity index (χ3v) is 2.70. The molecule has 0 fully saturated rings. The number of hydrogen-bond acceptors (Lipinski definition) is 2. The molecule has 0 atom stereocenters. The Hall–Kier alpha value is -2.56. The summed E-state index contributed by atoms with van der Waals surface area (Å²) in [7, 11) is 0. The number of carboxylic acids is 1. The second-order valence-electron chi connectivity index (χ2n) is 4.24. The Morgan fingerprint density at radius 3 is 2.53 bits per heavy atom. The lowest BCUT2D eigenvalue weighted by Crippen LogP contribution is -2.20. The molecule has 5 nitrogen and oxygen atoms in total. The second kappa shape index (κ2) is 5.39. The number of anilines is 1. The van der Waals surface area contributed by atoms with Crippen molar-refractivity contribution < 1.29 is 14.7 Å². The molecule has 1 heterocycles. The minimum atomic E-state index is -1.05. The topological polar surface area (TPSA) is 71.3 Å². The van der Waals surface area contributed by atoms with Crippen molar-refractivity contribution in [3.8, 4) is 0 Å². The molecular weight excluding hydrogens is 244 g/mol. The van der Waals surface area contributed by atoms with Crippen LogP contribution in [0.3, 0.4) is 0 Å². The van der Waals surface area contributed by atoms with Crippen molar-refractivity contribution in [2.24, 2.45) is 0 Å². The van der Waals surface area contributed by atoms with Crippen LogP contribution in [0.5, 0.6) is 0 Å². The van der Waals surface area contributed by atoms with Crippen molar-refractivity contribution in [3.63, 3.8) is 0 Å². The van der Waals surface area contributed by atoms with E-state index < -0.39 is 5.97 Å². The summed E-state index contributed by atoms with van der Waals surface area (Å²) in [6.45, 7) is 1.94. The Bertz CT molecular complexity index is 599. The number of carboxylic acid groups (broad SMARTS) is 1. The minimum absolute atomic E-state index is 0.0253. The largest absolute Gasteiger partial charge is 0.477 e. The number of amides is 1. The summed E-state index contributed by atoms with van der Waals surface area (Å²) >= 11 is 0. The van der Waals surface area contributed by atoms with Crippen LogP contribution in [-0.2, 0) is 11.3 Å². The van der Waals surface area contributed by atoms with Crippen LogP contribution in [0.2, 0.25) is 0 Å². The fraction of sp³-hybridized carbons (Fsp3) is 0.143. The zero-order valence-corrected chi connectivity index (χ0v) is 10.5. The number of nitrogens with zero attached hydrogens (tertiary/aromatic N) is 1. The highest BCUT2D eigenvalue weighted by Gasteiger charge is 2.11. The monoisotopic (exact) mass is 258 g/mol. The van der Waals surface area contributed by atoms with E-state index in [2.05, 4.69) is 5.32 Å². The molecule has 0 saturated carbocycles. The van der Waals surface area contributed by atoms with Gasteiger partial charge in [-0.15, -0.1) is 0 Å². The van der Waals surface area contributed by atoms with Gasteiger partial charge in [-0.1, -0.05) is 17.7 Å². The standard InChI is InChI=1S/C14H14N2O3/c1-10-4-6-11(7-5-10)15-13(17)9-16-8-2-3-12(16)14(18)19/h2-8H,9H2,1H3,(H,15,17)(H,18,19). The Balaban J connectivity index is 2.03. The van der Waals surface area contributed by atoms with Crippen LogP contribution >= 0.6 is 0 Å². The van der Waals surface area contributed by atoms with Gasteiger partial charge >= 0.3 is 5.97 Å². The number of hydrogen-bond donors (Lipinski definition) is 2. The van der Waals surface area contributed by atoms with Gasteiger partial charge in [0.05, 0.1) is 0 Å². The summed E-state index contributed by atoms with van der Waals surface area (Å²) in [5, 5.41) is 11.7. The SMILES string of the molecule is Cc1ccc(NC(=O)Cn2cccc2C(=O)O)cc1. The fourth-order valence-electron chi connectivity index (χ4n) is 1.74. The van der Waals surface area contributed by atoms with E-state index in [4.69, 9.17) is 5.11 Å². The number of aromatic carboxylic acids is 1. The van der Waals surface area contributed by atoms with Crippen molar-refractivity contribution in [1.82, 2.24) is 4.57 Å². The summed E-state index contributed by atoms with van der Waals surface area (Å²) in [5.41, 5.74) is 1.90. The van der Waals surface area contributed by atoms with Crippen molar-refractivity contribution in [2.75, 3.05) is 5.32 Å². The molecule has 0 saturated heterocycles. The van der Waals surface area contributed by atoms with Gasteiger partial charge < -0.3 is 15.0 Å². The van der Waals surface area contributed by atoms with Gasteiger partial charge in [0.2, 0.25) is 5.91 Å². The molecule has 1 aromatic heterocycles. The quantitative estimate of drug-likeness (QED) is 0.882. The normalized spacial score (nSPS) is 10.2. The molecule has 1 amide bonds. The van der Waals surface area contributed by atoms with Gasteiger partial charge in [-0.3, -0.25) is 4.79 Å². The van der Waals surface area contributed by atoms with Crippen LogP contribution in [0.4, 0.5) is 5.69 Å². The molecule has 98 valence electrons. The molecule has 0 aliphatic carbocycles. The molecule has 2 N–H and O–H groups in total. The zero-order chi connectivity index (χ0) is 13.8. The van der Waals surface area contributed by atoms with Gasteiger partial charge in [-0.2, -0.15) is 0 Å². The lowest BCUT2D eigenvalue weighted by atomic mass is 10.2. The third-order valence-electron chi connectivity index (χ3n) is 2.70. The van der Waals surface area contributed by atoms with E-state index >= 15 is 0 Å². The molecule has 19 heavy (non-hydrogen) atoms. The Labute approximate surface area is 110 Å². The van der Waals surface area contributed by atoms with Gasteiger partial charge in [-0.05, 0) is 31.2 Å². The summed E-state index contributed by atoms with van der Waals surface area (Å²) < 4.78 is 1.39. The number of aromatic nitrogens is 1. The molecule has 2 aromatic rings. The highest BCUT2D eigenvalue weighted by atomic mass is 16.4. The second-order valence-corrected chi connectivity index (χ2v) is 4.24. The summed E-state index contributed by atoms with van der Waals surface area (Å²) in [6.07, 6.45) is 1.57. The van der Waals surface area contributed by atoms with Gasteiger partial charge in [0, 0.05) is 11.9 Å². The van der Waals surface area contributed by atoms with Crippen molar-refractivity contribution in [3.05, 3.63) is 53.9 Å². The van der Waals surface area contributed by atoms with Gasteiger partial charge in [0.15, 0.2) is 0 Å². The molecule has 0 bridgehead atoms. The number of benzene rings is 1. The van der Waals surface area contributed by atoms with E-state index in [1.54, 1.807) is 24.4 Å². The van der Waals surface area contributed by atoms with E-state index in [1.807, 2.05) is 19.1 Å². The Morgan fingerprint density at radius 2 is 1.89 bits per heavy atom. The molecule has 0 radical (unpaired) electrons. The molecule has 1 aromatic carbocycles. The van der Waals surface area contributed by atoms with Crippen LogP contribution < -0.4 is 5.32 Å². The van der Waals surface area contributed by atoms with Crippen LogP contribution in [0, 0.1) is 6.92 Å². The van der Waals surface area contributed by atoms with E-state index in [0.29, 0.717) is 5.69 Å². The number of carbonyl (C=O) groups excluding carboxylic acids is 1. The van der Waals surface area contributed by atoms with Crippen LogP contribution in [0.1, 0.15) is 16.1 Å². The van der Waals surface area contributed by atoms with Crippen molar-refractivity contribution in [1.29, 1.82) is 0 Å². The molecule has 0 aliphatic rings. The third kappa shape index (κ3) is 3.22. The van der Waals surface area contributed by atoms with Crippen molar-refractivity contribution in [2.45, 2.75) is 13.5 Å². The molecule has 2 rings (SSSR count). The highest BCUT2D eigenvalue weighted by molar-refractivity contribution is 5.92. The first kappa shape index (κ1) is 12.9. The first-order valence-corrected chi connectivity index (χ1v) is 5.81. The Morgan fingerprint density at radius 1 is 1.21 bits per heavy atom. The molecule has 5 heteroatoms. The molecule has 0 unspecified atom stereocenters. The van der Waals surface area contributed by atoms with E-state index in [1.165, 1.54) is 10.6 Å². The first-order valence-electron chi connectivity index (χ1n) is 5.81. The van der Waals surface area contributed by atoms with Gasteiger partial charge in [-0.25, -0.2) is 4.79 Å². The summed E-state index contributed by atoms with van der Waals surface area (Å²) in [6, 6.07) is 10.5. The van der Waals surface area contributed by atoms with Crippen LogP contribution in [0.15, 0.2) is 42.6 Å². The average Bonchev–Trinajstić information content (AvgIpc) is 2.80. The maximum atomic E-state index is 11.8. The number of carbonyl (C=O) groups is 2. The zero-order valence-electron chi connectivity index (χ0n) is 10.5. The number of nitrogens with one attached hydrogen (secondary N) is 1.